The Kier molecular flexibility index (Phi) is 3.77. The summed E-state index contributed by atoms with van der Waals surface area (Å²) in [5.74, 6) is 1.07. The highest BCUT2D eigenvalue weighted by Crippen LogP contribution is 2.24. The molecule has 1 amide bonds. The largest absolute Gasteiger partial charge is 0.337 e. The quantitative estimate of drug-likeness (QED) is 0.839. The number of carbonyl (C=O) groups excluding carboxylic acids is 1. The standard InChI is InChI=1S/C14H19N5OS/c1-10-11(9-21-16-10)14(20)19-7-6-17(2)12(8-19)13-15-4-5-18(13)3/h4-5,9,12H,6-8H2,1-3H3/t12-/m0/s1. The fourth-order valence-corrected chi connectivity index (χ4v) is 3.39. The van der Waals surface area contributed by atoms with E-state index in [0.29, 0.717) is 6.54 Å². The first-order valence-corrected chi connectivity index (χ1v) is 7.79. The smallest absolute Gasteiger partial charge is 0.256 e. The third-order valence-corrected chi connectivity index (χ3v) is 4.79. The minimum Gasteiger partial charge on any atom is -0.337 e. The van der Waals surface area contributed by atoms with Gasteiger partial charge in [0.1, 0.15) is 5.82 Å². The number of carbonyl (C=O) groups is 1. The van der Waals surface area contributed by atoms with E-state index in [1.807, 2.05) is 35.0 Å². The summed E-state index contributed by atoms with van der Waals surface area (Å²) in [6.45, 7) is 4.14. The van der Waals surface area contributed by atoms with Gasteiger partial charge in [-0.3, -0.25) is 9.69 Å². The van der Waals surface area contributed by atoms with E-state index in [9.17, 15) is 4.79 Å². The molecule has 112 valence electrons. The average Bonchev–Trinajstić information content (AvgIpc) is 3.07. The number of imidazole rings is 1. The zero-order valence-electron chi connectivity index (χ0n) is 12.5. The second-order valence-corrected chi connectivity index (χ2v) is 6.09. The molecule has 1 atom stereocenters. The highest BCUT2D eigenvalue weighted by molar-refractivity contribution is 7.03. The Bertz CT molecular complexity index is 649. The van der Waals surface area contributed by atoms with Crippen LogP contribution in [0.2, 0.25) is 0 Å². The van der Waals surface area contributed by atoms with E-state index in [1.54, 1.807) is 6.20 Å². The molecule has 3 rings (SSSR count). The van der Waals surface area contributed by atoms with Crippen LogP contribution in [-0.2, 0) is 7.05 Å². The number of aromatic nitrogens is 3. The van der Waals surface area contributed by atoms with Gasteiger partial charge in [-0.2, -0.15) is 4.37 Å². The van der Waals surface area contributed by atoms with Crippen LogP contribution in [0.5, 0.6) is 0 Å². The highest BCUT2D eigenvalue weighted by Gasteiger charge is 2.31. The molecule has 6 nitrogen and oxygen atoms in total. The molecular formula is C14H19N5OS. The van der Waals surface area contributed by atoms with Crippen molar-refractivity contribution in [2.24, 2.45) is 7.05 Å². The average molecular weight is 305 g/mol. The van der Waals surface area contributed by atoms with Gasteiger partial charge in [0.25, 0.3) is 5.91 Å². The molecule has 7 heteroatoms. The lowest BCUT2D eigenvalue weighted by Crippen LogP contribution is -2.49. The van der Waals surface area contributed by atoms with Gasteiger partial charge in [0.2, 0.25) is 0 Å². The first-order valence-electron chi connectivity index (χ1n) is 6.95. The molecule has 0 bridgehead atoms. The number of hydrogen-bond donors (Lipinski definition) is 0. The summed E-state index contributed by atoms with van der Waals surface area (Å²) in [4.78, 5) is 21.2. The topological polar surface area (TPSA) is 54.3 Å². The summed E-state index contributed by atoms with van der Waals surface area (Å²) < 4.78 is 6.22. The summed E-state index contributed by atoms with van der Waals surface area (Å²) in [6, 6.07) is 0.134. The van der Waals surface area contributed by atoms with Gasteiger partial charge < -0.3 is 9.47 Å². The van der Waals surface area contributed by atoms with E-state index in [0.717, 1.165) is 30.2 Å². The van der Waals surface area contributed by atoms with Gasteiger partial charge in [-0.05, 0) is 25.5 Å². The SMILES string of the molecule is Cc1nscc1C(=O)N1CCN(C)[C@H](c2nccn2C)C1. The molecule has 0 saturated carbocycles. The molecule has 1 fully saturated rings. The number of piperazine rings is 1. The third kappa shape index (κ3) is 2.58. The van der Waals surface area contributed by atoms with Gasteiger partial charge in [-0.1, -0.05) is 0 Å². The van der Waals surface area contributed by atoms with E-state index in [2.05, 4.69) is 21.3 Å². The fourth-order valence-electron chi connectivity index (χ4n) is 2.70. The van der Waals surface area contributed by atoms with Crippen molar-refractivity contribution in [3.05, 3.63) is 34.9 Å². The van der Waals surface area contributed by atoms with Crippen molar-refractivity contribution in [3.8, 4) is 0 Å². The van der Waals surface area contributed by atoms with E-state index in [-0.39, 0.29) is 11.9 Å². The van der Waals surface area contributed by atoms with Crippen LogP contribution in [0.15, 0.2) is 17.8 Å². The molecule has 21 heavy (non-hydrogen) atoms. The monoisotopic (exact) mass is 305 g/mol. The van der Waals surface area contributed by atoms with Crippen LogP contribution in [0.3, 0.4) is 0 Å². The molecule has 0 unspecified atom stereocenters. The van der Waals surface area contributed by atoms with Gasteiger partial charge >= 0.3 is 0 Å². The molecule has 2 aromatic heterocycles. The van der Waals surface area contributed by atoms with Crippen molar-refractivity contribution in [2.45, 2.75) is 13.0 Å². The normalized spacial score (nSPS) is 20.0. The lowest BCUT2D eigenvalue weighted by atomic mass is 10.1. The van der Waals surface area contributed by atoms with E-state index >= 15 is 0 Å². The highest BCUT2D eigenvalue weighted by atomic mass is 32.1. The van der Waals surface area contributed by atoms with Gasteiger partial charge in [0.05, 0.1) is 17.3 Å². The molecule has 0 radical (unpaired) electrons. The van der Waals surface area contributed by atoms with Gasteiger partial charge in [0, 0.05) is 44.5 Å². The number of rotatable bonds is 2. The molecule has 1 saturated heterocycles. The number of amides is 1. The Hall–Kier alpha value is -1.73. The Labute approximate surface area is 128 Å². The predicted octanol–water partition coefficient (Wildman–Crippen LogP) is 1.31. The maximum atomic E-state index is 12.6. The Morgan fingerprint density at radius 2 is 2.19 bits per heavy atom. The number of hydrogen-bond acceptors (Lipinski definition) is 5. The minimum atomic E-state index is 0.0774. The second-order valence-electron chi connectivity index (χ2n) is 5.46. The zero-order valence-corrected chi connectivity index (χ0v) is 13.3. The van der Waals surface area contributed by atoms with Crippen LogP contribution < -0.4 is 0 Å². The molecule has 3 heterocycles. The third-order valence-electron chi connectivity index (χ3n) is 4.07. The molecule has 2 aromatic rings. The second kappa shape index (κ2) is 5.57. The summed E-state index contributed by atoms with van der Waals surface area (Å²) in [7, 11) is 4.07. The van der Waals surface area contributed by atoms with Crippen LogP contribution in [-0.4, -0.2) is 56.3 Å². The van der Waals surface area contributed by atoms with Crippen LogP contribution in [0.1, 0.15) is 27.9 Å². The summed E-state index contributed by atoms with van der Waals surface area (Å²) >= 11 is 1.34. The molecule has 0 aliphatic carbocycles. The molecule has 0 spiro atoms. The van der Waals surface area contributed by atoms with E-state index < -0.39 is 0 Å². The van der Waals surface area contributed by atoms with Crippen LogP contribution in [0.4, 0.5) is 0 Å². The van der Waals surface area contributed by atoms with Crippen LogP contribution >= 0.6 is 11.5 Å². The zero-order chi connectivity index (χ0) is 15.0. The molecule has 1 aliphatic rings. The van der Waals surface area contributed by atoms with Crippen molar-refractivity contribution in [2.75, 3.05) is 26.7 Å². The lowest BCUT2D eigenvalue weighted by molar-refractivity contribution is 0.0528. The Balaban J connectivity index is 1.82. The van der Waals surface area contributed by atoms with E-state index in [4.69, 9.17) is 0 Å². The van der Waals surface area contributed by atoms with Crippen molar-refractivity contribution in [1.29, 1.82) is 0 Å². The Morgan fingerprint density at radius 1 is 1.38 bits per heavy atom. The van der Waals surface area contributed by atoms with Crippen LogP contribution in [0.25, 0.3) is 0 Å². The molecule has 1 aliphatic heterocycles. The molecular weight excluding hydrogens is 286 g/mol. The lowest BCUT2D eigenvalue weighted by Gasteiger charge is -2.39. The molecule has 0 N–H and O–H groups in total. The summed E-state index contributed by atoms with van der Waals surface area (Å²) in [5, 5.41) is 1.84. The summed E-state index contributed by atoms with van der Waals surface area (Å²) in [6.07, 6.45) is 3.74. The first kappa shape index (κ1) is 14.2. The minimum absolute atomic E-state index is 0.0774. The number of nitrogens with zero attached hydrogens (tertiary/aromatic N) is 5. The maximum absolute atomic E-state index is 12.6. The van der Waals surface area contributed by atoms with E-state index in [1.165, 1.54) is 11.5 Å². The maximum Gasteiger partial charge on any atom is 0.256 e. The van der Waals surface area contributed by atoms with Crippen molar-refractivity contribution < 1.29 is 4.79 Å². The van der Waals surface area contributed by atoms with Crippen molar-refractivity contribution in [3.63, 3.8) is 0 Å². The van der Waals surface area contributed by atoms with Crippen molar-refractivity contribution in [1.82, 2.24) is 23.7 Å². The van der Waals surface area contributed by atoms with Crippen LogP contribution in [0, 0.1) is 6.92 Å². The van der Waals surface area contributed by atoms with Gasteiger partial charge in [0.15, 0.2) is 0 Å². The number of likely N-dealkylation sites (N-methyl/N-ethyl adjacent to an activating group) is 1. The van der Waals surface area contributed by atoms with Gasteiger partial charge in [-0.15, -0.1) is 0 Å². The van der Waals surface area contributed by atoms with Gasteiger partial charge in [-0.25, -0.2) is 4.98 Å². The molecule has 0 aromatic carbocycles. The predicted molar refractivity (Wildman–Crippen MR) is 81.3 cm³/mol. The number of aryl methyl sites for hydroxylation is 2. The first-order chi connectivity index (χ1) is 10.1. The Morgan fingerprint density at radius 3 is 2.81 bits per heavy atom. The van der Waals surface area contributed by atoms with Crippen molar-refractivity contribution >= 4 is 17.4 Å². The fraction of sp³-hybridized carbons (Fsp3) is 0.500. The summed E-state index contributed by atoms with van der Waals surface area (Å²) in [5.41, 5.74) is 1.54.